The molecule has 10 nitrogen and oxygen atoms in total. The number of likely N-dealkylation sites (N-methyl/N-ethyl adjacent to an activating group) is 1. The third-order valence-corrected chi connectivity index (χ3v) is 11.9. The Labute approximate surface area is 411 Å². The molecule has 1 unspecified atom stereocenters. The largest absolute Gasteiger partial charge is 0.462 e. The van der Waals surface area contributed by atoms with Gasteiger partial charge < -0.3 is 29.2 Å². The number of nitrogens with zero attached hydrogens (tertiary/aromatic N) is 1. The first-order chi connectivity index (χ1) is 32.7. The molecule has 0 rings (SSSR count). The second-order valence-electron chi connectivity index (χ2n) is 18.4. The topological polar surface area (TPSA) is 120 Å². The lowest BCUT2D eigenvalue weighted by molar-refractivity contribution is -0.167. The van der Waals surface area contributed by atoms with Crippen molar-refractivity contribution in [1.82, 2.24) is 10.2 Å². The predicted molar refractivity (Wildman–Crippen MR) is 279 cm³/mol. The number of nitrogens with one attached hydrogen (secondary N) is 1. The maximum Gasteiger partial charge on any atom is 0.407 e. The SMILES string of the molecule is CCCCC/C=C\C/C=C\CCCCCCCC(=O)OCC(COC(=O)CCCCCCC/C=C\C/C=C\CCCCC)OC(=O)CCC(CCCCCCCC)OC(=O)NCCN(C)CC. The van der Waals surface area contributed by atoms with Crippen molar-refractivity contribution in [1.29, 1.82) is 0 Å². The normalized spacial score (nSPS) is 12.3. The van der Waals surface area contributed by atoms with Crippen molar-refractivity contribution >= 4 is 24.0 Å². The standard InChI is InChI=1S/C57H102N2O8/c1-6-10-13-16-19-21-23-25-27-29-31-33-35-38-41-44-54(60)64-50-53(51-65-55(61)45-42-39-36-34-32-30-28-26-24-22-20-17-14-11-7-2)66-56(62)47-46-52(43-40-37-18-15-12-8-3)67-57(63)58-48-49-59(5)9-4/h19-22,25-28,52-53H,6-18,23-24,29-51H2,1-5H3,(H,58,63)/b21-19-,22-20-,27-25-,28-26-. The first kappa shape index (κ1) is 63.6. The monoisotopic (exact) mass is 943 g/mol. The molecule has 0 aromatic carbocycles. The highest BCUT2D eigenvalue weighted by Gasteiger charge is 2.22. The van der Waals surface area contributed by atoms with E-state index in [0.717, 1.165) is 116 Å². The van der Waals surface area contributed by atoms with Crippen LogP contribution in [0.15, 0.2) is 48.6 Å². The summed E-state index contributed by atoms with van der Waals surface area (Å²) >= 11 is 0. The summed E-state index contributed by atoms with van der Waals surface area (Å²) in [5.74, 6) is -1.22. The smallest absolute Gasteiger partial charge is 0.407 e. The molecule has 0 bridgehead atoms. The Bertz CT molecular complexity index is 1220. The summed E-state index contributed by atoms with van der Waals surface area (Å²) in [5.41, 5.74) is 0. The molecule has 1 N–H and O–H groups in total. The van der Waals surface area contributed by atoms with Gasteiger partial charge in [-0.2, -0.15) is 0 Å². The second-order valence-corrected chi connectivity index (χ2v) is 18.4. The minimum absolute atomic E-state index is 0.0165. The number of hydrogen-bond acceptors (Lipinski definition) is 9. The quantitative estimate of drug-likeness (QED) is 0.0275. The maximum absolute atomic E-state index is 13.2. The van der Waals surface area contributed by atoms with Gasteiger partial charge >= 0.3 is 24.0 Å². The molecule has 0 aromatic rings. The van der Waals surface area contributed by atoms with Gasteiger partial charge in [-0.25, -0.2) is 4.79 Å². The van der Waals surface area contributed by atoms with Gasteiger partial charge in [0.2, 0.25) is 0 Å². The van der Waals surface area contributed by atoms with Crippen LogP contribution in [0.1, 0.15) is 240 Å². The van der Waals surface area contributed by atoms with Crippen LogP contribution in [0.25, 0.3) is 0 Å². The number of carbonyl (C=O) groups excluding carboxylic acids is 4. The highest BCUT2D eigenvalue weighted by atomic mass is 16.6. The Hall–Kier alpha value is -3.40. The lowest BCUT2D eigenvalue weighted by Gasteiger charge is -2.21. The summed E-state index contributed by atoms with van der Waals surface area (Å²) < 4.78 is 22.7. The number of carbonyl (C=O) groups is 4. The molecule has 0 heterocycles. The van der Waals surface area contributed by atoms with Gasteiger partial charge in [-0.1, -0.05) is 173 Å². The van der Waals surface area contributed by atoms with Crippen molar-refractivity contribution in [3.63, 3.8) is 0 Å². The molecule has 67 heavy (non-hydrogen) atoms. The van der Waals surface area contributed by atoms with Crippen LogP contribution in [0.3, 0.4) is 0 Å². The van der Waals surface area contributed by atoms with E-state index in [4.69, 9.17) is 18.9 Å². The molecule has 0 spiro atoms. The molecule has 1 atom stereocenters. The fourth-order valence-corrected chi connectivity index (χ4v) is 7.43. The predicted octanol–water partition coefficient (Wildman–Crippen LogP) is 15.2. The van der Waals surface area contributed by atoms with Gasteiger partial charge in [0.05, 0.1) is 0 Å². The van der Waals surface area contributed by atoms with Crippen LogP contribution in [-0.4, -0.2) is 81.0 Å². The van der Waals surface area contributed by atoms with E-state index < -0.39 is 24.3 Å². The zero-order valence-electron chi connectivity index (χ0n) is 43.9. The van der Waals surface area contributed by atoms with E-state index in [0.29, 0.717) is 25.9 Å². The van der Waals surface area contributed by atoms with Crippen molar-refractivity contribution in [3.8, 4) is 0 Å². The lowest BCUT2D eigenvalue weighted by atomic mass is 10.0. The number of alkyl carbamates (subject to hydrolysis) is 1. The van der Waals surface area contributed by atoms with Gasteiger partial charge in [-0.05, 0) is 110 Å². The van der Waals surface area contributed by atoms with Gasteiger partial charge in [-0.15, -0.1) is 0 Å². The summed E-state index contributed by atoms with van der Waals surface area (Å²) in [4.78, 5) is 53.5. The minimum Gasteiger partial charge on any atom is -0.462 e. The molecule has 0 aliphatic heterocycles. The van der Waals surface area contributed by atoms with E-state index in [1.807, 2.05) is 7.05 Å². The maximum atomic E-state index is 13.2. The number of esters is 3. The molecule has 0 radical (unpaired) electrons. The van der Waals surface area contributed by atoms with Crippen LogP contribution in [0.5, 0.6) is 0 Å². The van der Waals surface area contributed by atoms with Crippen LogP contribution in [0.2, 0.25) is 0 Å². The highest BCUT2D eigenvalue weighted by molar-refractivity contribution is 5.71. The van der Waals surface area contributed by atoms with Crippen LogP contribution < -0.4 is 5.32 Å². The number of hydrogen-bond donors (Lipinski definition) is 1. The molecule has 0 saturated carbocycles. The summed E-state index contributed by atoms with van der Waals surface area (Å²) in [7, 11) is 1.99. The first-order valence-corrected chi connectivity index (χ1v) is 27.5. The van der Waals surface area contributed by atoms with Gasteiger partial charge in [0.25, 0.3) is 0 Å². The third kappa shape index (κ3) is 47.5. The fourth-order valence-electron chi connectivity index (χ4n) is 7.43. The van der Waals surface area contributed by atoms with Crippen molar-refractivity contribution in [3.05, 3.63) is 48.6 Å². The van der Waals surface area contributed by atoms with E-state index in [9.17, 15) is 19.2 Å². The Morgan fingerprint density at radius 2 is 0.866 bits per heavy atom. The Balaban J connectivity index is 4.99. The molecule has 0 fully saturated rings. The van der Waals surface area contributed by atoms with Crippen molar-refractivity contribution in [2.45, 2.75) is 252 Å². The van der Waals surface area contributed by atoms with E-state index in [1.165, 1.54) is 70.6 Å². The van der Waals surface area contributed by atoms with Gasteiger partial charge in [0, 0.05) is 32.4 Å². The van der Waals surface area contributed by atoms with Crippen molar-refractivity contribution < 1.29 is 38.1 Å². The van der Waals surface area contributed by atoms with E-state index >= 15 is 0 Å². The lowest BCUT2D eigenvalue weighted by Crippen LogP contribution is -2.35. The molecule has 388 valence electrons. The Morgan fingerprint density at radius 1 is 0.448 bits per heavy atom. The van der Waals surface area contributed by atoms with Crippen molar-refractivity contribution in [2.75, 3.05) is 39.9 Å². The van der Waals surface area contributed by atoms with Crippen LogP contribution in [0, 0.1) is 0 Å². The molecule has 10 heteroatoms. The number of ether oxygens (including phenoxy) is 4. The molecule has 1 amide bonds. The molecule has 0 aliphatic rings. The third-order valence-electron chi connectivity index (χ3n) is 11.9. The summed E-state index contributed by atoms with van der Waals surface area (Å²) in [6.45, 7) is 10.4. The van der Waals surface area contributed by atoms with Gasteiger partial charge in [-0.3, -0.25) is 14.4 Å². The first-order valence-electron chi connectivity index (χ1n) is 27.5. The fraction of sp³-hybridized carbons (Fsp3) is 0.789. The summed E-state index contributed by atoms with van der Waals surface area (Å²) in [6.07, 6.45) is 48.6. The molecular weight excluding hydrogens is 841 g/mol. The van der Waals surface area contributed by atoms with E-state index in [2.05, 4.69) is 86.5 Å². The second kappa shape index (κ2) is 50.5. The van der Waals surface area contributed by atoms with E-state index in [-0.39, 0.29) is 44.4 Å². The zero-order chi connectivity index (χ0) is 49.1. The summed E-state index contributed by atoms with van der Waals surface area (Å²) in [5, 5.41) is 2.83. The Kier molecular flexibility index (Phi) is 47.9. The average Bonchev–Trinajstić information content (AvgIpc) is 3.32. The number of rotatable bonds is 48. The van der Waals surface area contributed by atoms with Crippen molar-refractivity contribution in [2.24, 2.45) is 0 Å². The van der Waals surface area contributed by atoms with Crippen LogP contribution in [-0.2, 0) is 33.3 Å². The number of unbranched alkanes of at least 4 members (excludes halogenated alkanes) is 21. The number of allylic oxidation sites excluding steroid dienone is 8. The molecule has 0 aromatic heterocycles. The Morgan fingerprint density at radius 3 is 1.34 bits per heavy atom. The highest BCUT2D eigenvalue weighted by Crippen LogP contribution is 2.17. The average molecular weight is 943 g/mol. The van der Waals surface area contributed by atoms with E-state index in [1.54, 1.807) is 0 Å². The molecular formula is C57H102N2O8. The summed E-state index contributed by atoms with van der Waals surface area (Å²) in [6, 6.07) is 0. The molecule has 0 saturated heterocycles. The van der Waals surface area contributed by atoms with Gasteiger partial charge in [0.15, 0.2) is 6.10 Å². The zero-order valence-corrected chi connectivity index (χ0v) is 43.9. The number of amides is 1. The minimum atomic E-state index is -0.925. The van der Waals surface area contributed by atoms with Crippen LogP contribution >= 0.6 is 0 Å². The van der Waals surface area contributed by atoms with Gasteiger partial charge in [0.1, 0.15) is 19.3 Å². The van der Waals surface area contributed by atoms with Crippen LogP contribution in [0.4, 0.5) is 4.79 Å². The molecule has 0 aliphatic carbocycles.